The molecular weight excluding hydrogens is 326 g/mol. The molecule has 2 aromatic rings. The van der Waals surface area contributed by atoms with Crippen molar-refractivity contribution in [1.82, 2.24) is 16.0 Å². The van der Waals surface area contributed by atoms with E-state index in [-0.39, 0.29) is 18.5 Å². The summed E-state index contributed by atoms with van der Waals surface area (Å²) in [6, 6.07) is 14.7. The fourth-order valence-electron chi connectivity index (χ4n) is 1.98. The number of nitrogens with one attached hydrogen (secondary N) is 3. The number of carbonyl (C=O) groups excluding carboxylic acids is 2. The number of rotatable bonds is 6. The number of carbonyl (C=O) groups is 2. The van der Waals surface area contributed by atoms with Crippen molar-refractivity contribution in [3.8, 4) is 0 Å². The van der Waals surface area contributed by atoms with E-state index in [0.29, 0.717) is 18.1 Å². The Labute approximate surface area is 146 Å². The van der Waals surface area contributed by atoms with Crippen LogP contribution in [-0.4, -0.2) is 18.5 Å². The Morgan fingerprint density at radius 3 is 2.00 bits per heavy atom. The summed E-state index contributed by atoms with van der Waals surface area (Å²) in [6.45, 7) is 2.74. The average molecular weight is 346 g/mol. The Bertz CT molecular complexity index is 623. The van der Waals surface area contributed by atoms with E-state index in [1.54, 1.807) is 12.1 Å². The van der Waals surface area contributed by atoms with E-state index < -0.39 is 0 Å². The molecule has 0 saturated heterocycles. The summed E-state index contributed by atoms with van der Waals surface area (Å²) >= 11 is 5.80. The van der Waals surface area contributed by atoms with E-state index in [1.165, 1.54) is 5.56 Å². The van der Waals surface area contributed by atoms with Gasteiger partial charge in [-0.15, -0.1) is 0 Å². The van der Waals surface area contributed by atoms with Crippen LogP contribution in [-0.2, 0) is 17.9 Å². The van der Waals surface area contributed by atoms with E-state index in [4.69, 9.17) is 11.6 Å². The van der Waals surface area contributed by atoms with E-state index in [1.807, 2.05) is 43.3 Å². The standard InChI is InChI=1S/C18H20ClN3O2/c1-13-2-4-14(5-3-13)11-21-18(24)22-12-17(23)20-10-15-6-8-16(19)9-7-15/h2-9H,10-12H2,1H3,(H,20,23)(H2,21,22,24). The van der Waals surface area contributed by atoms with Crippen molar-refractivity contribution in [3.63, 3.8) is 0 Å². The van der Waals surface area contributed by atoms with Crippen molar-refractivity contribution in [1.29, 1.82) is 0 Å². The average Bonchev–Trinajstić information content (AvgIpc) is 2.59. The van der Waals surface area contributed by atoms with Crippen molar-refractivity contribution < 1.29 is 9.59 Å². The lowest BCUT2D eigenvalue weighted by molar-refractivity contribution is -0.120. The molecule has 2 rings (SSSR count). The minimum Gasteiger partial charge on any atom is -0.350 e. The molecule has 0 unspecified atom stereocenters. The van der Waals surface area contributed by atoms with Gasteiger partial charge in [-0.05, 0) is 30.2 Å². The summed E-state index contributed by atoms with van der Waals surface area (Å²) in [6.07, 6.45) is 0. The summed E-state index contributed by atoms with van der Waals surface area (Å²) in [5, 5.41) is 8.61. The van der Waals surface area contributed by atoms with Crippen molar-refractivity contribution >= 4 is 23.5 Å². The van der Waals surface area contributed by atoms with Crippen LogP contribution in [0.5, 0.6) is 0 Å². The minimum absolute atomic E-state index is 0.0761. The van der Waals surface area contributed by atoms with Crippen molar-refractivity contribution in [3.05, 3.63) is 70.2 Å². The van der Waals surface area contributed by atoms with E-state index in [9.17, 15) is 9.59 Å². The van der Waals surface area contributed by atoms with Crippen LogP contribution in [0.3, 0.4) is 0 Å². The number of urea groups is 1. The van der Waals surface area contributed by atoms with Crippen LogP contribution in [0.25, 0.3) is 0 Å². The Morgan fingerprint density at radius 2 is 1.38 bits per heavy atom. The van der Waals surface area contributed by atoms with Gasteiger partial charge in [0.25, 0.3) is 0 Å². The van der Waals surface area contributed by atoms with Gasteiger partial charge < -0.3 is 16.0 Å². The van der Waals surface area contributed by atoms with Gasteiger partial charge in [0.05, 0.1) is 6.54 Å². The van der Waals surface area contributed by atoms with Crippen LogP contribution in [0.15, 0.2) is 48.5 Å². The molecule has 5 nitrogen and oxygen atoms in total. The molecular formula is C18H20ClN3O2. The number of aryl methyl sites for hydroxylation is 1. The second-order valence-corrected chi connectivity index (χ2v) is 5.86. The first-order valence-corrected chi connectivity index (χ1v) is 7.99. The molecule has 126 valence electrons. The molecule has 0 aliphatic carbocycles. The highest BCUT2D eigenvalue weighted by atomic mass is 35.5. The zero-order valence-electron chi connectivity index (χ0n) is 13.4. The fourth-order valence-corrected chi connectivity index (χ4v) is 2.10. The molecule has 0 aliphatic heterocycles. The van der Waals surface area contributed by atoms with Gasteiger partial charge in [0.15, 0.2) is 0 Å². The third-order valence-corrected chi connectivity index (χ3v) is 3.64. The minimum atomic E-state index is -0.378. The maximum absolute atomic E-state index is 11.7. The van der Waals surface area contributed by atoms with Gasteiger partial charge in [0.1, 0.15) is 0 Å². The first-order valence-electron chi connectivity index (χ1n) is 7.61. The van der Waals surface area contributed by atoms with Gasteiger partial charge in [-0.3, -0.25) is 4.79 Å². The monoisotopic (exact) mass is 345 g/mol. The maximum Gasteiger partial charge on any atom is 0.315 e. The summed E-state index contributed by atoms with van der Waals surface area (Å²) in [5.41, 5.74) is 3.11. The lowest BCUT2D eigenvalue weighted by Crippen LogP contribution is -2.41. The van der Waals surface area contributed by atoms with Crippen molar-refractivity contribution in [2.24, 2.45) is 0 Å². The third-order valence-electron chi connectivity index (χ3n) is 3.39. The second-order valence-electron chi connectivity index (χ2n) is 5.43. The summed E-state index contributed by atoms with van der Waals surface area (Å²) < 4.78 is 0. The topological polar surface area (TPSA) is 70.2 Å². The zero-order valence-corrected chi connectivity index (χ0v) is 14.2. The molecule has 0 bridgehead atoms. The SMILES string of the molecule is Cc1ccc(CNC(=O)NCC(=O)NCc2ccc(Cl)cc2)cc1. The van der Waals surface area contributed by atoms with Crippen LogP contribution in [0.2, 0.25) is 5.02 Å². The molecule has 3 amide bonds. The van der Waals surface area contributed by atoms with E-state index in [0.717, 1.165) is 11.1 Å². The Kier molecular flexibility index (Phi) is 6.63. The molecule has 0 atom stereocenters. The number of amides is 3. The van der Waals surface area contributed by atoms with Gasteiger partial charge in [-0.2, -0.15) is 0 Å². The first-order chi connectivity index (χ1) is 11.5. The zero-order chi connectivity index (χ0) is 17.4. The van der Waals surface area contributed by atoms with E-state index >= 15 is 0 Å². The van der Waals surface area contributed by atoms with Crippen LogP contribution >= 0.6 is 11.6 Å². The molecule has 0 aliphatic rings. The number of hydrogen-bond donors (Lipinski definition) is 3. The Hall–Kier alpha value is -2.53. The second kappa shape index (κ2) is 8.93. The van der Waals surface area contributed by atoms with E-state index in [2.05, 4.69) is 16.0 Å². The highest BCUT2D eigenvalue weighted by Crippen LogP contribution is 2.09. The largest absolute Gasteiger partial charge is 0.350 e. The fraction of sp³-hybridized carbons (Fsp3) is 0.222. The molecule has 0 radical (unpaired) electrons. The smallest absolute Gasteiger partial charge is 0.315 e. The highest BCUT2D eigenvalue weighted by Gasteiger charge is 2.05. The van der Waals surface area contributed by atoms with Crippen LogP contribution in [0.4, 0.5) is 4.79 Å². The van der Waals surface area contributed by atoms with Crippen LogP contribution < -0.4 is 16.0 Å². The van der Waals surface area contributed by atoms with Gasteiger partial charge in [-0.1, -0.05) is 53.6 Å². The third kappa shape index (κ3) is 6.30. The van der Waals surface area contributed by atoms with Crippen molar-refractivity contribution in [2.45, 2.75) is 20.0 Å². The summed E-state index contributed by atoms with van der Waals surface area (Å²) in [5.74, 6) is -0.254. The first kappa shape index (κ1) is 17.8. The lowest BCUT2D eigenvalue weighted by atomic mass is 10.1. The van der Waals surface area contributed by atoms with Crippen LogP contribution in [0, 0.1) is 6.92 Å². The highest BCUT2D eigenvalue weighted by molar-refractivity contribution is 6.30. The predicted molar refractivity (Wildman–Crippen MR) is 94.7 cm³/mol. The molecule has 0 saturated carbocycles. The summed E-state index contributed by atoms with van der Waals surface area (Å²) in [4.78, 5) is 23.4. The summed E-state index contributed by atoms with van der Waals surface area (Å²) in [7, 11) is 0. The lowest BCUT2D eigenvalue weighted by Gasteiger charge is -2.09. The molecule has 3 N–H and O–H groups in total. The van der Waals surface area contributed by atoms with Crippen LogP contribution in [0.1, 0.15) is 16.7 Å². The number of benzene rings is 2. The molecule has 0 fully saturated rings. The number of hydrogen-bond acceptors (Lipinski definition) is 2. The maximum atomic E-state index is 11.7. The molecule has 2 aromatic carbocycles. The Balaban J connectivity index is 1.64. The number of halogens is 1. The molecule has 0 aromatic heterocycles. The molecule has 24 heavy (non-hydrogen) atoms. The van der Waals surface area contributed by atoms with Gasteiger partial charge in [0, 0.05) is 18.1 Å². The quantitative estimate of drug-likeness (QED) is 0.753. The van der Waals surface area contributed by atoms with Gasteiger partial charge in [-0.25, -0.2) is 4.79 Å². The Morgan fingerprint density at radius 1 is 0.833 bits per heavy atom. The molecule has 6 heteroatoms. The molecule has 0 heterocycles. The van der Waals surface area contributed by atoms with Gasteiger partial charge in [0.2, 0.25) is 5.91 Å². The normalized spacial score (nSPS) is 10.1. The molecule has 0 spiro atoms. The van der Waals surface area contributed by atoms with Crippen molar-refractivity contribution in [2.75, 3.05) is 6.54 Å². The predicted octanol–water partition coefficient (Wildman–Crippen LogP) is 2.76. The van der Waals surface area contributed by atoms with Gasteiger partial charge >= 0.3 is 6.03 Å².